The van der Waals surface area contributed by atoms with E-state index in [0.717, 1.165) is 78.6 Å². The molecule has 2 aromatic carbocycles. The van der Waals surface area contributed by atoms with Crippen LogP contribution >= 0.6 is 11.3 Å². The highest BCUT2D eigenvalue weighted by Crippen LogP contribution is 2.40. The maximum atomic E-state index is 13.7. The molecule has 4 heterocycles. The van der Waals surface area contributed by atoms with E-state index in [1.165, 1.54) is 17.8 Å². The van der Waals surface area contributed by atoms with Crippen LogP contribution in [0.25, 0.3) is 22.1 Å². The molecule has 204 valence electrons. The number of piperidine rings is 2. The van der Waals surface area contributed by atoms with Crippen molar-refractivity contribution < 1.29 is 4.92 Å². The summed E-state index contributed by atoms with van der Waals surface area (Å²) in [7, 11) is 0. The van der Waals surface area contributed by atoms with E-state index in [0.29, 0.717) is 21.2 Å². The first-order chi connectivity index (χ1) is 18.7. The van der Waals surface area contributed by atoms with E-state index < -0.39 is 0 Å². The molecule has 2 aromatic heterocycles. The maximum Gasteiger partial charge on any atom is 0.293 e. The molecular formula is C30H35N5O3S. The van der Waals surface area contributed by atoms with Crippen LogP contribution in [0.1, 0.15) is 69.1 Å². The van der Waals surface area contributed by atoms with E-state index >= 15 is 0 Å². The third-order valence-corrected chi connectivity index (χ3v) is 9.66. The van der Waals surface area contributed by atoms with Crippen LogP contribution in [0.5, 0.6) is 0 Å². The van der Waals surface area contributed by atoms with Crippen LogP contribution in [0.4, 0.5) is 17.1 Å². The summed E-state index contributed by atoms with van der Waals surface area (Å²) in [6.07, 6.45) is 8.40. The summed E-state index contributed by atoms with van der Waals surface area (Å²) < 4.78 is 2.22. The number of nitro benzene ring substituents is 1. The third-order valence-electron chi connectivity index (χ3n) is 8.69. The fraction of sp³-hybridized carbons (Fsp3) is 0.467. The Balaban J connectivity index is 1.57. The van der Waals surface area contributed by atoms with Crippen LogP contribution in [-0.2, 0) is 0 Å². The molecule has 39 heavy (non-hydrogen) atoms. The second-order valence-electron chi connectivity index (χ2n) is 11.3. The van der Waals surface area contributed by atoms with E-state index in [1.807, 2.05) is 38.1 Å². The van der Waals surface area contributed by atoms with Gasteiger partial charge in [-0.05, 0) is 102 Å². The second-order valence-corrected chi connectivity index (χ2v) is 12.3. The highest BCUT2D eigenvalue weighted by Gasteiger charge is 2.30. The number of anilines is 2. The summed E-state index contributed by atoms with van der Waals surface area (Å²) in [5.41, 5.74) is 6.24. The highest BCUT2D eigenvalue weighted by atomic mass is 32.1. The first kappa shape index (κ1) is 25.8. The number of benzene rings is 2. The Kier molecular flexibility index (Phi) is 6.57. The maximum absolute atomic E-state index is 13.7. The molecule has 0 radical (unpaired) electrons. The summed E-state index contributed by atoms with van der Waals surface area (Å²) in [6.45, 7) is 10.2. The quantitative estimate of drug-likeness (QED) is 0.240. The predicted octanol–water partition coefficient (Wildman–Crippen LogP) is 5.74. The number of hydrogen-bond acceptors (Lipinski definition) is 7. The molecule has 0 spiro atoms. The molecule has 2 aliphatic heterocycles. The van der Waals surface area contributed by atoms with Crippen LogP contribution in [0.15, 0.2) is 29.1 Å². The lowest BCUT2D eigenvalue weighted by Gasteiger charge is -2.39. The van der Waals surface area contributed by atoms with Crippen LogP contribution < -0.4 is 19.9 Å². The van der Waals surface area contributed by atoms with Gasteiger partial charge in [0, 0.05) is 42.5 Å². The van der Waals surface area contributed by atoms with Crippen molar-refractivity contribution in [3.63, 3.8) is 0 Å². The van der Waals surface area contributed by atoms with Crippen LogP contribution in [-0.4, -0.2) is 39.5 Å². The summed E-state index contributed by atoms with van der Waals surface area (Å²) in [6, 6.07) is 8.33. The average molecular weight is 546 g/mol. The number of thiazole rings is 1. The molecular weight excluding hydrogens is 510 g/mol. The van der Waals surface area contributed by atoms with Gasteiger partial charge in [-0.15, -0.1) is 0 Å². The lowest BCUT2D eigenvalue weighted by molar-refractivity contribution is -0.384. The molecule has 0 bridgehead atoms. The minimum atomic E-state index is -0.268. The molecule has 4 aromatic rings. The predicted molar refractivity (Wildman–Crippen MR) is 160 cm³/mol. The number of aromatic nitrogens is 2. The fourth-order valence-corrected chi connectivity index (χ4v) is 7.27. The minimum absolute atomic E-state index is 0.105. The molecule has 2 saturated heterocycles. The molecule has 2 aliphatic rings. The summed E-state index contributed by atoms with van der Waals surface area (Å²) in [5.74, 6) is 0. The fourth-order valence-electron chi connectivity index (χ4n) is 6.29. The number of rotatable bonds is 4. The smallest absolute Gasteiger partial charge is 0.293 e. The van der Waals surface area contributed by atoms with Gasteiger partial charge < -0.3 is 9.80 Å². The topological polar surface area (TPSA) is 84.0 Å². The number of nitrogens with zero attached hydrogens (tertiary/aromatic N) is 5. The van der Waals surface area contributed by atoms with Gasteiger partial charge in [-0.2, -0.15) is 0 Å². The molecule has 0 unspecified atom stereocenters. The SMILES string of the molecule is Cc1cc2nc3s/c(=C/c4cc([N+](=O)[O-])c(N5CCCC[C@@H]5C)cc4N4CCCC[C@@H]4C)c(=O)n3c2cc1C. The zero-order chi connectivity index (χ0) is 27.4. The molecule has 0 amide bonds. The Labute approximate surface area is 231 Å². The minimum Gasteiger partial charge on any atom is -0.368 e. The largest absolute Gasteiger partial charge is 0.368 e. The molecule has 0 aliphatic carbocycles. The number of nitro groups is 1. The average Bonchev–Trinajstić information content (AvgIpc) is 3.40. The van der Waals surface area contributed by atoms with Gasteiger partial charge in [-0.3, -0.25) is 14.9 Å². The van der Waals surface area contributed by atoms with Gasteiger partial charge >= 0.3 is 0 Å². The Morgan fingerprint density at radius 1 is 0.949 bits per heavy atom. The van der Waals surface area contributed by atoms with Crippen molar-refractivity contribution in [2.45, 2.75) is 78.3 Å². The van der Waals surface area contributed by atoms with E-state index in [2.05, 4.69) is 23.6 Å². The first-order valence-corrected chi connectivity index (χ1v) is 14.8. The van der Waals surface area contributed by atoms with E-state index in [4.69, 9.17) is 4.98 Å². The van der Waals surface area contributed by atoms with E-state index in [9.17, 15) is 14.9 Å². The van der Waals surface area contributed by atoms with Crippen molar-refractivity contribution in [3.05, 3.63) is 66.0 Å². The van der Waals surface area contributed by atoms with Crippen molar-refractivity contribution in [1.29, 1.82) is 0 Å². The second kappa shape index (κ2) is 9.93. The van der Waals surface area contributed by atoms with Gasteiger partial charge in [-0.25, -0.2) is 9.38 Å². The Morgan fingerprint density at radius 2 is 1.59 bits per heavy atom. The third kappa shape index (κ3) is 4.46. The van der Waals surface area contributed by atoms with Gasteiger partial charge in [0.2, 0.25) is 0 Å². The summed E-state index contributed by atoms with van der Waals surface area (Å²) in [5, 5.41) is 12.4. The van der Waals surface area contributed by atoms with E-state index in [-0.39, 0.29) is 22.2 Å². The van der Waals surface area contributed by atoms with Crippen molar-refractivity contribution >= 4 is 50.5 Å². The van der Waals surface area contributed by atoms with Crippen molar-refractivity contribution in [1.82, 2.24) is 9.38 Å². The molecule has 2 atom stereocenters. The monoisotopic (exact) mass is 545 g/mol. The molecule has 8 nitrogen and oxygen atoms in total. The van der Waals surface area contributed by atoms with Gasteiger partial charge in [0.1, 0.15) is 5.69 Å². The molecule has 0 saturated carbocycles. The molecule has 2 fully saturated rings. The Hall–Kier alpha value is -3.46. The molecule has 0 N–H and O–H groups in total. The van der Waals surface area contributed by atoms with Crippen molar-refractivity contribution in [3.8, 4) is 0 Å². The number of aryl methyl sites for hydroxylation is 2. The van der Waals surface area contributed by atoms with Crippen LogP contribution in [0.2, 0.25) is 0 Å². The van der Waals surface area contributed by atoms with Crippen molar-refractivity contribution in [2.75, 3.05) is 22.9 Å². The van der Waals surface area contributed by atoms with Gasteiger partial charge in [0.05, 0.1) is 20.5 Å². The van der Waals surface area contributed by atoms with Crippen molar-refractivity contribution in [2.24, 2.45) is 0 Å². The van der Waals surface area contributed by atoms with Gasteiger partial charge in [0.15, 0.2) is 4.96 Å². The zero-order valence-corrected chi connectivity index (χ0v) is 23.9. The first-order valence-electron chi connectivity index (χ1n) is 14.0. The van der Waals surface area contributed by atoms with Gasteiger partial charge in [-0.1, -0.05) is 11.3 Å². The Bertz CT molecular complexity index is 1710. The lowest BCUT2D eigenvalue weighted by atomic mass is 9.98. The summed E-state index contributed by atoms with van der Waals surface area (Å²) in [4.78, 5) is 35.7. The number of fused-ring (bicyclic) bond motifs is 3. The Morgan fingerprint density at radius 3 is 2.23 bits per heavy atom. The summed E-state index contributed by atoms with van der Waals surface area (Å²) >= 11 is 1.34. The lowest BCUT2D eigenvalue weighted by Crippen LogP contribution is -2.40. The normalized spacial score (nSPS) is 20.9. The standard InChI is InChI=1S/C30H35N5O3S/c1-18-13-23-25(14-19(18)2)34-29(36)28(39-30(34)31-23)16-22-15-27(35(37)38)26(33-12-8-6-10-21(33)4)17-24(22)32-11-7-5-9-20(32)3/h13-17,20-21H,5-12H2,1-4H3/b28-16+/t20-,21-/m0/s1. The van der Waals surface area contributed by atoms with Crippen LogP contribution in [0.3, 0.4) is 0 Å². The van der Waals surface area contributed by atoms with Crippen LogP contribution in [0, 0.1) is 24.0 Å². The van der Waals surface area contributed by atoms with E-state index in [1.54, 1.807) is 10.5 Å². The van der Waals surface area contributed by atoms with Gasteiger partial charge in [0.25, 0.3) is 11.2 Å². The number of imidazole rings is 1. The number of hydrogen-bond donors (Lipinski definition) is 0. The molecule has 6 rings (SSSR count). The zero-order valence-electron chi connectivity index (χ0n) is 23.1. The highest BCUT2D eigenvalue weighted by molar-refractivity contribution is 7.15. The molecule has 9 heteroatoms.